The van der Waals surface area contributed by atoms with E-state index in [1.807, 2.05) is 4.80 Å². The number of nitrogens with zero attached hydrogens (tertiary/aromatic N) is 3. The van der Waals surface area contributed by atoms with Gasteiger partial charge in [-0.1, -0.05) is 128 Å². The molecule has 3 aromatic carbocycles. The van der Waals surface area contributed by atoms with E-state index in [-0.39, 0.29) is 10.8 Å². The van der Waals surface area contributed by atoms with Crippen LogP contribution in [0.5, 0.6) is 0 Å². The van der Waals surface area contributed by atoms with Crippen molar-refractivity contribution in [3.05, 3.63) is 71.8 Å². The van der Waals surface area contributed by atoms with Crippen LogP contribution in [0.2, 0.25) is 0 Å². The topological polar surface area (TPSA) is 30.7 Å². The summed E-state index contributed by atoms with van der Waals surface area (Å²) in [5.41, 5.74) is 9.61. The van der Waals surface area contributed by atoms with Crippen molar-refractivity contribution in [1.29, 1.82) is 0 Å². The molecule has 4 rings (SSSR count). The van der Waals surface area contributed by atoms with Gasteiger partial charge in [0.15, 0.2) is 0 Å². The van der Waals surface area contributed by atoms with Gasteiger partial charge in [-0.25, -0.2) is 0 Å². The molecule has 0 unspecified atom stereocenters. The highest BCUT2D eigenvalue weighted by Crippen LogP contribution is 2.35. The number of aryl methyl sites for hydroxylation is 1. The molecule has 0 bridgehead atoms. The molecule has 184 valence electrons. The van der Waals surface area contributed by atoms with E-state index in [0.29, 0.717) is 0 Å². The van der Waals surface area contributed by atoms with Gasteiger partial charge in [-0.05, 0) is 39.5 Å². The van der Waals surface area contributed by atoms with Crippen LogP contribution in [0.4, 0.5) is 0 Å². The average molecular weight is 468 g/mol. The molecule has 0 atom stereocenters. The van der Waals surface area contributed by atoms with Gasteiger partial charge in [0.2, 0.25) is 0 Å². The minimum atomic E-state index is 0.137. The van der Waals surface area contributed by atoms with Crippen molar-refractivity contribution in [2.75, 3.05) is 0 Å². The zero-order valence-electron chi connectivity index (χ0n) is 22.7. The second kappa shape index (κ2) is 9.97. The maximum Gasteiger partial charge on any atom is 0.121 e. The second-order valence-electron chi connectivity index (χ2n) is 11.9. The SMILES string of the molecule is CCCCCCn1nc2c(-c3ccc(C(C)(C)C)cc3)ccc(-c3ccc(C(C)(C)C)cc3)c2n1. The third-order valence-corrected chi connectivity index (χ3v) is 6.92. The number of hydrogen-bond acceptors (Lipinski definition) is 2. The lowest BCUT2D eigenvalue weighted by Crippen LogP contribution is -2.10. The van der Waals surface area contributed by atoms with Crippen LogP contribution in [0.1, 0.15) is 85.3 Å². The Balaban J connectivity index is 1.78. The Kier molecular flexibility index (Phi) is 7.17. The van der Waals surface area contributed by atoms with Crippen molar-refractivity contribution in [2.45, 2.75) is 91.5 Å². The molecule has 35 heavy (non-hydrogen) atoms. The maximum atomic E-state index is 5.01. The molecule has 0 amide bonds. The van der Waals surface area contributed by atoms with Crippen LogP contribution < -0.4 is 0 Å². The van der Waals surface area contributed by atoms with E-state index in [2.05, 4.69) is 109 Å². The van der Waals surface area contributed by atoms with Gasteiger partial charge in [0.1, 0.15) is 11.0 Å². The van der Waals surface area contributed by atoms with Crippen LogP contribution in [-0.4, -0.2) is 15.0 Å². The van der Waals surface area contributed by atoms with E-state index >= 15 is 0 Å². The molecule has 1 heterocycles. The third-order valence-electron chi connectivity index (χ3n) is 6.92. The van der Waals surface area contributed by atoms with E-state index in [0.717, 1.165) is 35.1 Å². The number of hydrogen-bond donors (Lipinski definition) is 0. The summed E-state index contributed by atoms with van der Waals surface area (Å²) in [4.78, 5) is 1.92. The normalized spacial score (nSPS) is 12.4. The molecule has 0 radical (unpaired) electrons. The molecule has 0 N–H and O–H groups in total. The first-order chi connectivity index (χ1) is 16.6. The second-order valence-corrected chi connectivity index (χ2v) is 11.9. The highest BCUT2D eigenvalue weighted by Gasteiger charge is 2.18. The first kappa shape index (κ1) is 25.2. The Morgan fingerprint density at radius 2 is 1.00 bits per heavy atom. The molecule has 3 nitrogen and oxygen atoms in total. The van der Waals surface area contributed by atoms with Gasteiger partial charge in [-0.3, -0.25) is 0 Å². The summed E-state index contributed by atoms with van der Waals surface area (Å²) in [6.45, 7) is 16.6. The fraction of sp³-hybridized carbons (Fsp3) is 0.438. The fourth-order valence-corrected chi connectivity index (χ4v) is 4.58. The Labute approximate surface area is 211 Å². The van der Waals surface area contributed by atoms with Crippen molar-refractivity contribution < 1.29 is 0 Å². The van der Waals surface area contributed by atoms with Gasteiger partial charge in [0, 0.05) is 11.1 Å². The summed E-state index contributed by atoms with van der Waals surface area (Å²) in [5, 5.41) is 10.0. The third kappa shape index (κ3) is 5.66. The highest BCUT2D eigenvalue weighted by atomic mass is 15.5. The first-order valence-electron chi connectivity index (χ1n) is 13.2. The molecule has 0 aliphatic heterocycles. The summed E-state index contributed by atoms with van der Waals surface area (Å²) in [5.74, 6) is 0. The van der Waals surface area contributed by atoms with Crippen molar-refractivity contribution in [3.8, 4) is 22.3 Å². The largest absolute Gasteiger partial charge is 0.184 e. The Bertz CT molecular complexity index is 1170. The van der Waals surface area contributed by atoms with Crippen molar-refractivity contribution in [2.24, 2.45) is 0 Å². The minimum absolute atomic E-state index is 0.137. The van der Waals surface area contributed by atoms with Gasteiger partial charge in [-0.2, -0.15) is 15.0 Å². The van der Waals surface area contributed by atoms with Gasteiger partial charge in [0.25, 0.3) is 0 Å². The number of rotatable bonds is 7. The summed E-state index contributed by atoms with van der Waals surface area (Å²) in [6, 6.07) is 22.3. The number of fused-ring (bicyclic) bond motifs is 1. The first-order valence-corrected chi connectivity index (χ1v) is 13.2. The molecular formula is C32H41N3. The summed E-state index contributed by atoms with van der Waals surface area (Å²) in [6.07, 6.45) is 4.83. The average Bonchev–Trinajstić information content (AvgIpc) is 3.24. The molecule has 4 aromatic rings. The molecule has 0 saturated heterocycles. The van der Waals surface area contributed by atoms with Gasteiger partial charge >= 0.3 is 0 Å². The Morgan fingerprint density at radius 1 is 0.571 bits per heavy atom. The van der Waals surface area contributed by atoms with Crippen LogP contribution in [-0.2, 0) is 17.4 Å². The molecule has 0 saturated carbocycles. The van der Waals surface area contributed by atoms with Crippen molar-refractivity contribution >= 4 is 11.0 Å². The molecule has 3 heteroatoms. The van der Waals surface area contributed by atoms with E-state index in [1.54, 1.807) is 0 Å². The van der Waals surface area contributed by atoms with E-state index < -0.39 is 0 Å². The molecule has 0 aliphatic rings. The van der Waals surface area contributed by atoms with Crippen LogP contribution in [0.15, 0.2) is 60.7 Å². The monoisotopic (exact) mass is 467 g/mol. The van der Waals surface area contributed by atoms with E-state index in [9.17, 15) is 0 Å². The summed E-state index contributed by atoms with van der Waals surface area (Å²) < 4.78 is 0. The van der Waals surface area contributed by atoms with Crippen LogP contribution >= 0.6 is 0 Å². The maximum absolute atomic E-state index is 5.01. The van der Waals surface area contributed by atoms with Crippen molar-refractivity contribution in [3.63, 3.8) is 0 Å². The minimum Gasteiger partial charge on any atom is -0.184 e. The summed E-state index contributed by atoms with van der Waals surface area (Å²) >= 11 is 0. The lowest BCUT2D eigenvalue weighted by Gasteiger charge is -2.19. The van der Waals surface area contributed by atoms with Crippen LogP contribution in [0.3, 0.4) is 0 Å². The lowest BCUT2D eigenvalue weighted by molar-refractivity contribution is 0.495. The van der Waals surface area contributed by atoms with E-state index in [1.165, 1.54) is 41.5 Å². The quantitative estimate of drug-likeness (QED) is 0.254. The zero-order valence-corrected chi connectivity index (χ0v) is 22.7. The van der Waals surface area contributed by atoms with Gasteiger partial charge in [-0.15, -0.1) is 0 Å². The number of benzene rings is 3. The smallest absolute Gasteiger partial charge is 0.121 e. The molecule has 0 spiro atoms. The fourth-order valence-electron chi connectivity index (χ4n) is 4.58. The number of aromatic nitrogens is 3. The molecule has 0 aliphatic carbocycles. The van der Waals surface area contributed by atoms with Gasteiger partial charge in [0.05, 0.1) is 6.54 Å². The zero-order chi connectivity index (χ0) is 25.2. The van der Waals surface area contributed by atoms with Crippen LogP contribution in [0.25, 0.3) is 33.3 Å². The predicted octanol–water partition coefficient (Wildman–Crippen LogP) is 8.94. The number of unbranched alkanes of at least 4 members (excludes halogenated alkanes) is 3. The lowest BCUT2D eigenvalue weighted by atomic mass is 9.85. The molecule has 0 fully saturated rings. The predicted molar refractivity (Wildman–Crippen MR) is 150 cm³/mol. The summed E-state index contributed by atoms with van der Waals surface area (Å²) in [7, 11) is 0. The van der Waals surface area contributed by atoms with Crippen molar-refractivity contribution in [1.82, 2.24) is 15.0 Å². The highest BCUT2D eigenvalue weighted by molar-refractivity contribution is 6.00. The Morgan fingerprint density at radius 3 is 1.37 bits per heavy atom. The Hall–Kier alpha value is -2.94. The standard InChI is InChI=1S/C32H41N3/c1-8-9-10-11-22-35-33-29-27(23-12-16-25(17-13-23)31(2,3)4)20-21-28(30(29)34-35)24-14-18-26(19-15-24)32(5,6)7/h12-21H,8-11,22H2,1-7H3. The van der Waals surface area contributed by atoms with E-state index in [4.69, 9.17) is 10.2 Å². The molecular weight excluding hydrogens is 426 g/mol. The van der Waals surface area contributed by atoms with Crippen LogP contribution in [0, 0.1) is 0 Å². The molecule has 1 aromatic heterocycles. The van der Waals surface area contributed by atoms with Gasteiger partial charge < -0.3 is 0 Å².